The predicted molar refractivity (Wildman–Crippen MR) is 76.9 cm³/mol. The fraction of sp³-hybridized carbons (Fsp3) is 0.800. The average Bonchev–Trinajstić information content (AvgIpc) is 3.01. The number of hydrogen-bond donors (Lipinski definition) is 2. The van der Waals surface area contributed by atoms with Crippen LogP contribution in [0.1, 0.15) is 57.7 Å². The molecule has 1 aliphatic rings. The Kier molecular flexibility index (Phi) is 5.40. The minimum Gasteiger partial charge on any atom is -0.393 e. The Morgan fingerprint density at radius 3 is 2.84 bits per heavy atom. The lowest BCUT2D eigenvalue weighted by molar-refractivity contribution is 0.177. The molecular weight excluding hydrogens is 238 g/mol. The molecule has 2 unspecified atom stereocenters. The quantitative estimate of drug-likeness (QED) is 0.796. The van der Waals surface area contributed by atoms with E-state index in [9.17, 15) is 5.11 Å². The average molecular weight is 265 g/mol. The van der Waals surface area contributed by atoms with E-state index in [4.69, 9.17) is 0 Å². The molecule has 1 aliphatic carbocycles. The van der Waals surface area contributed by atoms with E-state index in [0.29, 0.717) is 12.0 Å². The highest BCUT2D eigenvalue weighted by atomic mass is 16.3. The van der Waals surface area contributed by atoms with Crippen LogP contribution in [0, 0.1) is 5.92 Å². The summed E-state index contributed by atoms with van der Waals surface area (Å²) in [6.07, 6.45) is 7.35. The van der Waals surface area contributed by atoms with Gasteiger partial charge in [0, 0.05) is 12.7 Å². The minimum absolute atomic E-state index is 0.0686. The second-order valence-electron chi connectivity index (χ2n) is 5.72. The molecule has 1 aromatic rings. The van der Waals surface area contributed by atoms with E-state index >= 15 is 0 Å². The van der Waals surface area contributed by atoms with Crippen molar-refractivity contribution in [2.24, 2.45) is 5.92 Å². The Hall–Kier alpha value is -0.870. The number of aliphatic hydroxyl groups excluding tert-OH is 1. The molecule has 0 aromatic carbocycles. The molecule has 2 atom stereocenters. The number of rotatable bonds is 7. The lowest BCUT2D eigenvalue weighted by Gasteiger charge is -2.12. The van der Waals surface area contributed by atoms with Crippen LogP contribution in [0.25, 0.3) is 0 Å². The maximum Gasteiger partial charge on any atom is 0.0762 e. The van der Waals surface area contributed by atoms with Gasteiger partial charge in [-0.15, -0.1) is 0 Å². The summed E-state index contributed by atoms with van der Waals surface area (Å²) in [6.45, 7) is 6.24. The second kappa shape index (κ2) is 7.06. The Bertz CT molecular complexity index is 373. The van der Waals surface area contributed by atoms with Gasteiger partial charge in [-0.1, -0.05) is 13.8 Å². The van der Waals surface area contributed by atoms with Crippen LogP contribution >= 0.6 is 0 Å². The third-order valence-corrected chi connectivity index (χ3v) is 4.23. The number of hydrogen-bond acceptors (Lipinski definition) is 3. The zero-order chi connectivity index (χ0) is 13.7. The van der Waals surface area contributed by atoms with Gasteiger partial charge in [0.2, 0.25) is 0 Å². The maximum atomic E-state index is 9.49. The summed E-state index contributed by atoms with van der Waals surface area (Å²) in [5.74, 6) is 0.635. The summed E-state index contributed by atoms with van der Waals surface area (Å²) >= 11 is 0. The van der Waals surface area contributed by atoms with Gasteiger partial charge in [-0.05, 0) is 50.6 Å². The Morgan fingerprint density at radius 2 is 2.21 bits per heavy atom. The highest BCUT2D eigenvalue weighted by Crippen LogP contribution is 2.24. The monoisotopic (exact) mass is 265 g/mol. The van der Waals surface area contributed by atoms with Gasteiger partial charge in [-0.3, -0.25) is 4.68 Å². The summed E-state index contributed by atoms with van der Waals surface area (Å²) in [7, 11) is 0. The van der Waals surface area contributed by atoms with Crippen molar-refractivity contribution < 1.29 is 5.11 Å². The summed E-state index contributed by atoms with van der Waals surface area (Å²) in [5.41, 5.74) is 1.12. The summed E-state index contributed by atoms with van der Waals surface area (Å²) in [5, 5.41) is 17.6. The molecule has 108 valence electrons. The van der Waals surface area contributed by atoms with Gasteiger partial charge in [0.25, 0.3) is 0 Å². The molecule has 0 spiro atoms. The van der Waals surface area contributed by atoms with Crippen molar-refractivity contribution in [3.05, 3.63) is 18.0 Å². The van der Waals surface area contributed by atoms with Crippen LogP contribution < -0.4 is 5.32 Å². The van der Waals surface area contributed by atoms with Gasteiger partial charge >= 0.3 is 0 Å². The molecule has 4 heteroatoms. The summed E-state index contributed by atoms with van der Waals surface area (Å²) < 4.78 is 2.09. The van der Waals surface area contributed by atoms with Crippen molar-refractivity contribution in [1.82, 2.24) is 15.1 Å². The molecule has 1 heterocycles. The van der Waals surface area contributed by atoms with Crippen LogP contribution in [0.3, 0.4) is 0 Å². The van der Waals surface area contributed by atoms with Gasteiger partial charge < -0.3 is 10.4 Å². The third kappa shape index (κ3) is 4.05. The molecule has 0 aliphatic heterocycles. The Morgan fingerprint density at radius 1 is 1.42 bits per heavy atom. The molecule has 2 N–H and O–H groups in total. The van der Waals surface area contributed by atoms with Crippen molar-refractivity contribution in [2.75, 3.05) is 6.54 Å². The van der Waals surface area contributed by atoms with E-state index in [1.807, 2.05) is 0 Å². The predicted octanol–water partition coefficient (Wildman–Crippen LogP) is 2.49. The molecule has 0 radical (unpaired) electrons. The van der Waals surface area contributed by atoms with Crippen LogP contribution in [-0.4, -0.2) is 27.5 Å². The van der Waals surface area contributed by atoms with Gasteiger partial charge in [-0.2, -0.15) is 5.10 Å². The standard InChI is InChI=1S/C15H27N3O/c1-3-14(4-2)18-8-7-13(17-18)11-16-10-12-5-6-15(19)9-12/h7-8,12,14-16,19H,3-6,9-11H2,1-2H3. The molecule has 1 saturated carbocycles. The normalized spacial score (nSPS) is 23.4. The third-order valence-electron chi connectivity index (χ3n) is 4.23. The van der Waals surface area contributed by atoms with E-state index in [-0.39, 0.29) is 6.10 Å². The first-order valence-electron chi connectivity index (χ1n) is 7.65. The first-order valence-corrected chi connectivity index (χ1v) is 7.65. The topological polar surface area (TPSA) is 50.1 Å². The van der Waals surface area contributed by atoms with E-state index in [2.05, 4.69) is 41.2 Å². The molecule has 19 heavy (non-hydrogen) atoms. The first-order chi connectivity index (χ1) is 9.22. The van der Waals surface area contributed by atoms with Crippen LogP contribution in [0.2, 0.25) is 0 Å². The first kappa shape index (κ1) is 14.5. The lowest BCUT2D eigenvalue weighted by Crippen LogP contribution is -2.21. The number of aliphatic hydroxyl groups is 1. The van der Waals surface area contributed by atoms with Crippen LogP contribution in [0.4, 0.5) is 0 Å². The minimum atomic E-state index is -0.0686. The molecule has 4 nitrogen and oxygen atoms in total. The van der Waals surface area contributed by atoms with E-state index in [0.717, 1.165) is 50.9 Å². The van der Waals surface area contributed by atoms with Crippen LogP contribution in [0.15, 0.2) is 12.3 Å². The Balaban J connectivity index is 1.74. The number of nitrogens with one attached hydrogen (secondary N) is 1. The highest BCUT2D eigenvalue weighted by molar-refractivity contribution is 4.99. The highest BCUT2D eigenvalue weighted by Gasteiger charge is 2.22. The van der Waals surface area contributed by atoms with Crippen molar-refractivity contribution in [3.8, 4) is 0 Å². The van der Waals surface area contributed by atoms with E-state index in [1.54, 1.807) is 0 Å². The van der Waals surface area contributed by atoms with Crippen molar-refractivity contribution in [2.45, 2.75) is 64.6 Å². The second-order valence-corrected chi connectivity index (χ2v) is 5.72. The SMILES string of the molecule is CCC(CC)n1ccc(CNCC2CCC(O)C2)n1. The van der Waals surface area contributed by atoms with Gasteiger partial charge in [-0.25, -0.2) is 0 Å². The maximum absolute atomic E-state index is 9.49. The number of nitrogens with zero attached hydrogens (tertiary/aromatic N) is 2. The molecule has 0 saturated heterocycles. The van der Waals surface area contributed by atoms with Crippen molar-refractivity contribution >= 4 is 0 Å². The zero-order valence-electron chi connectivity index (χ0n) is 12.2. The Labute approximate surface area is 116 Å². The van der Waals surface area contributed by atoms with Gasteiger partial charge in [0.15, 0.2) is 0 Å². The van der Waals surface area contributed by atoms with Crippen molar-refractivity contribution in [3.63, 3.8) is 0 Å². The van der Waals surface area contributed by atoms with Crippen LogP contribution in [-0.2, 0) is 6.54 Å². The van der Waals surface area contributed by atoms with E-state index in [1.165, 1.54) is 0 Å². The fourth-order valence-electron chi connectivity index (χ4n) is 2.98. The molecular formula is C15H27N3O. The number of aromatic nitrogens is 2. The molecule has 2 rings (SSSR count). The largest absolute Gasteiger partial charge is 0.393 e. The molecule has 1 fully saturated rings. The smallest absolute Gasteiger partial charge is 0.0762 e. The van der Waals surface area contributed by atoms with Crippen molar-refractivity contribution in [1.29, 1.82) is 0 Å². The zero-order valence-corrected chi connectivity index (χ0v) is 12.2. The van der Waals surface area contributed by atoms with Gasteiger partial charge in [0.1, 0.15) is 0 Å². The fourth-order valence-corrected chi connectivity index (χ4v) is 2.98. The van der Waals surface area contributed by atoms with Gasteiger partial charge in [0.05, 0.1) is 17.8 Å². The summed E-state index contributed by atoms with van der Waals surface area (Å²) in [4.78, 5) is 0. The summed E-state index contributed by atoms with van der Waals surface area (Å²) in [6, 6.07) is 2.63. The van der Waals surface area contributed by atoms with Crippen LogP contribution in [0.5, 0.6) is 0 Å². The molecule has 1 aromatic heterocycles. The van der Waals surface area contributed by atoms with E-state index < -0.39 is 0 Å². The molecule has 0 amide bonds. The lowest BCUT2D eigenvalue weighted by atomic mass is 10.1. The molecule has 0 bridgehead atoms.